The van der Waals surface area contributed by atoms with Gasteiger partial charge >= 0.3 is 5.76 Å². The summed E-state index contributed by atoms with van der Waals surface area (Å²) in [6.45, 7) is 44.4. The fourth-order valence-electron chi connectivity index (χ4n) is 12.4. The summed E-state index contributed by atoms with van der Waals surface area (Å²) in [6, 6.07) is 41.5. The zero-order valence-electron chi connectivity index (χ0n) is 74.3. The average molecular weight is 1680 g/mol. The summed E-state index contributed by atoms with van der Waals surface area (Å²) in [5.41, 5.74) is 23.6. The highest BCUT2D eigenvalue weighted by Crippen LogP contribution is 2.34. The van der Waals surface area contributed by atoms with Gasteiger partial charge in [0.25, 0.3) is 5.91 Å². The largest absolute Gasteiger partial charge is 0.486 e. The standard InChI is InChI=1S/C11H12N2.C11H14O2.C10H12N2O2.C10H12N2O.2C10H12N2.C10H11NS.C9H11N3.C9H10N2O2.C8H11N/c2*1-8(2)9-3-4-10-11(7-9)13-6-5-12-10;1-6(2)7-3-8-10(11-4-7)12-9(13)5-14-8;1-6(2)8-3-7-4-9(13)12-10(7)11-5-8;1-7(2)9-5-8-3-4-11-10(8)12-6-9;1-7(2)8-3-4-9-10(5-8)12-6-11-9;1-7(2)8-3-4-10-9(5-8)11-6-12-10;1-6(2)7-3-8-5-11-12-9(8)10-4-7;1-5(2)6-3-7-8(10-4-6)11-9(12)13-7;1-7(2)8-4-3-5-9-6-8/h3-8H,1-2H3;3-4,7-8H,5-6H2,1-2H3;3-4,6H,5H2,1-2H3,(H,11,12,13);3,5-6H,4H2,1-2H3,(H,11,12,13);2*3-7H,1-2H3,(H,11,12);3-7H,1-2H3;3-6H,1-2H3,(H,10,11,12);3-5H,1-2H3,(H,10,11,12);3-7H,1-2H3. The fraction of sp³-hybridized carbons (Fsp3) is 0.347. The number of H-pyrrole nitrogens is 4. The minimum Gasteiger partial charge on any atom is -0.486 e. The number of carbonyl (C=O) groups is 2. The molecule has 15 heterocycles. The maximum absolute atomic E-state index is 11.0. The van der Waals surface area contributed by atoms with Crippen molar-refractivity contribution in [3.8, 4) is 17.2 Å². The molecule has 0 saturated heterocycles. The molecule has 0 bridgehead atoms. The predicted octanol–water partition coefficient (Wildman–Crippen LogP) is 23.3. The molecule has 3 aliphatic rings. The van der Waals surface area contributed by atoms with E-state index in [1.807, 2.05) is 72.9 Å². The molecule has 0 atom stereocenters. The van der Waals surface area contributed by atoms with Gasteiger partial charge in [0.2, 0.25) is 5.91 Å². The third-order valence-electron chi connectivity index (χ3n) is 20.3. The predicted molar refractivity (Wildman–Crippen MR) is 497 cm³/mol. The monoisotopic (exact) mass is 1680 g/mol. The first-order valence-electron chi connectivity index (χ1n) is 42.1. The number of aromatic amines is 4. The van der Waals surface area contributed by atoms with Gasteiger partial charge in [-0.25, -0.2) is 39.7 Å². The van der Waals surface area contributed by atoms with E-state index in [0.29, 0.717) is 102 Å². The molecule has 24 nitrogen and oxygen atoms in total. The summed E-state index contributed by atoms with van der Waals surface area (Å²) in [6.07, 6.45) is 22.2. The Bertz CT molecular complexity index is 5800. The molecule has 642 valence electrons. The van der Waals surface area contributed by atoms with Crippen LogP contribution < -0.4 is 30.6 Å². The number of hydrogen-bond acceptors (Lipinski definition) is 19. The van der Waals surface area contributed by atoms with Gasteiger partial charge in [-0.1, -0.05) is 169 Å². The van der Waals surface area contributed by atoms with Gasteiger partial charge in [0.15, 0.2) is 46.6 Å². The molecular weight excluding hydrogens is 1560 g/mol. The molecule has 0 fully saturated rings. The molecule has 2 amide bonds. The Balaban J connectivity index is 0.000000143. The molecule has 4 aromatic carbocycles. The van der Waals surface area contributed by atoms with Crippen molar-refractivity contribution in [1.82, 2.24) is 75.0 Å². The summed E-state index contributed by atoms with van der Waals surface area (Å²) in [5.74, 6) is 8.31. The highest BCUT2D eigenvalue weighted by atomic mass is 32.1. The van der Waals surface area contributed by atoms with Crippen molar-refractivity contribution in [2.45, 2.75) is 204 Å². The Morgan fingerprint density at radius 2 is 0.902 bits per heavy atom. The number of ether oxygens (including phenoxy) is 3. The molecule has 0 saturated carbocycles. The number of imidazole rings is 1. The molecule has 0 unspecified atom stereocenters. The third-order valence-corrected chi connectivity index (χ3v) is 21.1. The summed E-state index contributed by atoms with van der Waals surface area (Å²) in [7, 11) is 0. The number of pyridine rings is 6. The second-order valence-corrected chi connectivity index (χ2v) is 34.0. The smallest absolute Gasteiger partial charge is 0.418 e. The van der Waals surface area contributed by atoms with Crippen molar-refractivity contribution in [2.24, 2.45) is 0 Å². The number of thiazole rings is 1. The molecule has 123 heavy (non-hydrogen) atoms. The summed E-state index contributed by atoms with van der Waals surface area (Å²) < 4.78 is 22.3. The highest BCUT2D eigenvalue weighted by molar-refractivity contribution is 7.16. The maximum atomic E-state index is 11.0. The van der Waals surface area contributed by atoms with E-state index in [2.05, 4.69) is 309 Å². The molecule has 6 N–H and O–H groups in total. The SMILES string of the molecule is CC(C)c1ccc2c(c1)OCCO2.CC(C)c1ccc2nc[nH]c2c1.CC(C)c1ccc2nccnc2c1.CC(C)c1ccc2scnc2c1.CC(C)c1cccnc1.CC(C)c1cnc2[nH]c(=O)oc2c1.CC(C)c1cnc2[nH]ccc2c1.CC(C)c1cnc2[nH]ncc2c1.CC(C)c1cnc2c(c1)CC(=O)N2.CC(C)c1cnc2c(c1)OCC(=O)N2. The Morgan fingerprint density at radius 3 is 1.54 bits per heavy atom. The number of hydrogen-bond donors (Lipinski definition) is 6. The van der Waals surface area contributed by atoms with Crippen molar-refractivity contribution < 1.29 is 28.2 Å². The first-order chi connectivity index (χ1) is 58.9. The number of carbonyl (C=O) groups excluding carboxylic acids is 2. The number of nitrogens with one attached hydrogen (secondary N) is 6. The average Bonchev–Trinajstić information content (AvgIpc) is 1.22. The van der Waals surface area contributed by atoms with Crippen LogP contribution in [0.3, 0.4) is 0 Å². The lowest BCUT2D eigenvalue weighted by Gasteiger charge is -2.19. The van der Waals surface area contributed by atoms with Gasteiger partial charge in [0.05, 0.1) is 56.7 Å². The lowest BCUT2D eigenvalue weighted by molar-refractivity contribution is -0.118. The number of fused-ring (bicyclic) bond motifs is 9. The molecular formula is C98H117N17O7S. The van der Waals surface area contributed by atoms with Crippen LogP contribution in [0.2, 0.25) is 0 Å². The van der Waals surface area contributed by atoms with Crippen molar-refractivity contribution >= 4 is 100 Å². The van der Waals surface area contributed by atoms with E-state index in [4.69, 9.17) is 18.6 Å². The summed E-state index contributed by atoms with van der Waals surface area (Å²) in [4.78, 5) is 83.4. The first kappa shape index (κ1) is 92.4. The number of benzene rings is 4. The molecule has 12 aromatic heterocycles. The molecule has 19 rings (SSSR count). The summed E-state index contributed by atoms with van der Waals surface area (Å²) in [5, 5.41) is 14.4. The van der Waals surface area contributed by atoms with E-state index < -0.39 is 5.76 Å². The van der Waals surface area contributed by atoms with Gasteiger partial charge in [-0.2, -0.15) is 5.10 Å². The molecule has 0 aliphatic carbocycles. The van der Waals surface area contributed by atoms with Crippen LogP contribution in [0.25, 0.3) is 65.6 Å². The van der Waals surface area contributed by atoms with E-state index >= 15 is 0 Å². The lowest BCUT2D eigenvalue weighted by atomic mass is 10.0. The topological polar surface area (TPSA) is 321 Å². The lowest BCUT2D eigenvalue weighted by Crippen LogP contribution is -2.26. The Morgan fingerprint density at radius 1 is 0.374 bits per heavy atom. The number of anilines is 2. The zero-order chi connectivity index (χ0) is 88.4. The van der Waals surface area contributed by atoms with Crippen molar-refractivity contribution in [2.75, 3.05) is 30.5 Å². The number of aromatic nitrogens is 15. The number of amides is 2. The van der Waals surface area contributed by atoms with Crippen LogP contribution in [0.15, 0.2) is 211 Å². The van der Waals surface area contributed by atoms with Gasteiger partial charge in [-0.05, 0) is 206 Å². The van der Waals surface area contributed by atoms with Crippen LogP contribution in [0.1, 0.15) is 259 Å². The zero-order valence-corrected chi connectivity index (χ0v) is 75.2. The van der Waals surface area contributed by atoms with E-state index in [1.54, 1.807) is 54.8 Å². The number of oxazole rings is 1. The molecule has 25 heteroatoms. The Labute approximate surface area is 724 Å². The molecule has 3 aliphatic heterocycles. The van der Waals surface area contributed by atoms with Crippen LogP contribution in [-0.4, -0.2) is 107 Å². The minimum atomic E-state index is -0.455. The normalized spacial score (nSPS) is 12.2. The highest BCUT2D eigenvalue weighted by Gasteiger charge is 2.21. The van der Waals surface area contributed by atoms with E-state index in [1.165, 1.54) is 54.6 Å². The van der Waals surface area contributed by atoms with Crippen LogP contribution >= 0.6 is 11.3 Å². The number of nitrogens with zero attached hydrogens (tertiary/aromatic N) is 11. The van der Waals surface area contributed by atoms with Gasteiger partial charge < -0.3 is 39.2 Å². The van der Waals surface area contributed by atoms with E-state index in [9.17, 15) is 14.4 Å². The van der Waals surface area contributed by atoms with Crippen LogP contribution in [0, 0.1) is 0 Å². The van der Waals surface area contributed by atoms with Crippen molar-refractivity contribution in [1.29, 1.82) is 0 Å². The van der Waals surface area contributed by atoms with E-state index in [0.717, 1.165) is 78.3 Å². The Hall–Kier alpha value is -12.9. The van der Waals surface area contributed by atoms with E-state index in [-0.39, 0.29) is 18.4 Å². The molecule has 0 radical (unpaired) electrons. The Kier molecular flexibility index (Phi) is 33.5. The van der Waals surface area contributed by atoms with Gasteiger partial charge in [-0.3, -0.25) is 34.6 Å². The second-order valence-electron chi connectivity index (χ2n) is 33.1. The van der Waals surface area contributed by atoms with Crippen LogP contribution in [-0.2, 0) is 16.0 Å². The number of rotatable bonds is 10. The second kappa shape index (κ2) is 44.6. The quantitative estimate of drug-likeness (QED) is 0.0741. The van der Waals surface area contributed by atoms with Gasteiger partial charge in [0, 0.05) is 78.3 Å². The molecule has 16 aromatic rings. The summed E-state index contributed by atoms with van der Waals surface area (Å²) >= 11 is 1.70. The maximum Gasteiger partial charge on any atom is 0.418 e. The first-order valence-corrected chi connectivity index (χ1v) is 43.0. The third kappa shape index (κ3) is 27.0. The van der Waals surface area contributed by atoms with Crippen LogP contribution in [0.4, 0.5) is 11.6 Å². The minimum absolute atomic E-state index is 0.0448. The van der Waals surface area contributed by atoms with Crippen LogP contribution in [0.5, 0.6) is 17.2 Å². The van der Waals surface area contributed by atoms with Gasteiger partial charge in [-0.15, -0.1) is 11.3 Å². The van der Waals surface area contributed by atoms with Gasteiger partial charge in [0.1, 0.15) is 24.7 Å². The van der Waals surface area contributed by atoms with Crippen molar-refractivity contribution in [3.63, 3.8) is 0 Å². The fourth-order valence-corrected chi connectivity index (χ4v) is 13.0. The molecule has 0 spiro atoms. The van der Waals surface area contributed by atoms with Crippen molar-refractivity contribution in [3.05, 3.63) is 273 Å².